The summed E-state index contributed by atoms with van der Waals surface area (Å²) < 4.78 is 5.76. The van der Waals surface area contributed by atoms with Crippen molar-refractivity contribution in [3.8, 4) is 22.9 Å². The van der Waals surface area contributed by atoms with Crippen molar-refractivity contribution >= 4 is 5.96 Å². The predicted octanol–water partition coefficient (Wildman–Crippen LogP) is 2.35. The lowest BCUT2D eigenvalue weighted by atomic mass is 9.92. The number of hydrogen-bond donors (Lipinski definition) is 1. The van der Waals surface area contributed by atoms with E-state index in [-0.39, 0.29) is 0 Å². The maximum atomic E-state index is 9.10. The van der Waals surface area contributed by atoms with E-state index in [0.29, 0.717) is 24.6 Å². The van der Waals surface area contributed by atoms with E-state index in [4.69, 9.17) is 20.6 Å². The monoisotopic (exact) mass is 320 g/mol. The van der Waals surface area contributed by atoms with Gasteiger partial charge in [0.25, 0.3) is 0 Å². The third-order valence-electron chi connectivity index (χ3n) is 4.33. The minimum Gasteiger partial charge on any atom is -0.493 e. The highest BCUT2D eigenvalue weighted by Gasteiger charge is 2.45. The van der Waals surface area contributed by atoms with Crippen LogP contribution in [-0.2, 0) is 10.6 Å². The van der Waals surface area contributed by atoms with Gasteiger partial charge in [0.2, 0.25) is 11.7 Å². The Kier molecular flexibility index (Phi) is 3.18. The normalized spacial score (nSPS) is 21.8. The number of guanidine groups is 1. The molecule has 2 N–H and O–H groups in total. The quantitative estimate of drug-likeness (QED) is 0.872. The molecule has 120 valence electrons. The van der Waals surface area contributed by atoms with Crippen molar-refractivity contribution in [2.24, 2.45) is 10.7 Å². The van der Waals surface area contributed by atoms with E-state index >= 15 is 0 Å². The maximum absolute atomic E-state index is 9.10. The average Bonchev–Trinajstić information content (AvgIpc) is 2.89. The predicted molar refractivity (Wildman–Crippen MR) is 88.9 cm³/mol. The Morgan fingerprint density at radius 3 is 2.83 bits per heavy atom. The number of fused-ring (bicyclic) bond motifs is 2. The summed E-state index contributed by atoms with van der Waals surface area (Å²) in [5, 5.41) is 10.6. The summed E-state index contributed by atoms with van der Waals surface area (Å²) in [5.41, 5.74) is 8.47. The lowest BCUT2D eigenvalue weighted by Gasteiger charge is -2.32. The fraction of sp³-hybridized carbons (Fsp3) is 0.222. The zero-order chi connectivity index (χ0) is 16.7. The SMILES string of the molecule is CN1O[C@]2(CCOc3ccc(-c4cccc(C#N)c4)cc32)N=C1N. The molecule has 1 spiro atoms. The summed E-state index contributed by atoms with van der Waals surface area (Å²) in [6, 6.07) is 15.5. The third-order valence-corrected chi connectivity index (χ3v) is 4.33. The first-order valence-electron chi connectivity index (χ1n) is 7.67. The minimum atomic E-state index is -0.838. The number of hydrogen-bond acceptors (Lipinski definition) is 6. The molecule has 0 unspecified atom stereocenters. The summed E-state index contributed by atoms with van der Waals surface area (Å²) in [7, 11) is 1.74. The molecule has 0 saturated heterocycles. The second kappa shape index (κ2) is 5.25. The van der Waals surface area contributed by atoms with Gasteiger partial charge in [0.05, 0.1) is 23.8 Å². The van der Waals surface area contributed by atoms with Gasteiger partial charge in [-0.05, 0) is 35.4 Å². The van der Waals surface area contributed by atoms with Crippen LogP contribution in [0.2, 0.25) is 0 Å². The van der Waals surface area contributed by atoms with Crippen molar-refractivity contribution in [3.05, 3.63) is 53.6 Å². The molecule has 0 aromatic heterocycles. The van der Waals surface area contributed by atoms with Crippen LogP contribution >= 0.6 is 0 Å². The van der Waals surface area contributed by atoms with Crippen molar-refractivity contribution in [1.29, 1.82) is 5.26 Å². The highest BCUT2D eigenvalue weighted by atomic mass is 16.7. The molecule has 2 aliphatic rings. The zero-order valence-electron chi connectivity index (χ0n) is 13.2. The largest absolute Gasteiger partial charge is 0.493 e. The number of benzene rings is 2. The number of hydroxylamine groups is 2. The number of nitriles is 1. The van der Waals surface area contributed by atoms with E-state index in [2.05, 4.69) is 11.1 Å². The highest BCUT2D eigenvalue weighted by molar-refractivity contribution is 5.79. The Labute approximate surface area is 139 Å². The van der Waals surface area contributed by atoms with Crippen LogP contribution in [0.5, 0.6) is 5.75 Å². The second-order valence-corrected chi connectivity index (χ2v) is 5.85. The average molecular weight is 320 g/mol. The van der Waals surface area contributed by atoms with Crippen LogP contribution in [0.15, 0.2) is 47.5 Å². The van der Waals surface area contributed by atoms with Crippen LogP contribution in [0.4, 0.5) is 0 Å². The van der Waals surface area contributed by atoms with Gasteiger partial charge in [0, 0.05) is 13.5 Å². The minimum absolute atomic E-state index is 0.347. The fourth-order valence-electron chi connectivity index (χ4n) is 3.10. The summed E-state index contributed by atoms with van der Waals surface area (Å²) in [6.07, 6.45) is 0.590. The molecule has 0 fully saturated rings. The summed E-state index contributed by atoms with van der Waals surface area (Å²) in [5.74, 6) is 1.09. The first-order chi connectivity index (χ1) is 11.6. The maximum Gasteiger partial charge on any atom is 0.221 e. The summed E-state index contributed by atoms with van der Waals surface area (Å²) in [4.78, 5) is 10.5. The summed E-state index contributed by atoms with van der Waals surface area (Å²) in [6.45, 7) is 0.515. The molecule has 6 heteroatoms. The smallest absolute Gasteiger partial charge is 0.221 e. The third kappa shape index (κ3) is 2.18. The van der Waals surface area contributed by atoms with E-state index in [1.54, 1.807) is 13.1 Å². The van der Waals surface area contributed by atoms with Crippen molar-refractivity contribution < 1.29 is 9.57 Å². The van der Waals surface area contributed by atoms with Gasteiger partial charge in [0.15, 0.2) is 0 Å². The van der Waals surface area contributed by atoms with Crippen LogP contribution in [0, 0.1) is 11.3 Å². The van der Waals surface area contributed by atoms with Gasteiger partial charge in [-0.3, -0.25) is 0 Å². The molecule has 24 heavy (non-hydrogen) atoms. The summed E-state index contributed by atoms with van der Waals surface area (Å²) >= 11 is 0. The Morgan fingerprint density at radius 2 is 2.08 bits per heavy atom. The molecule has 2 aromatic rings. The van der Waals surface area contributed by atoms with Gasteiger partial charge in [-0.15, -0.1) is 0 Å². The Morgan fingerprint density at radius 1 is 1.25 bits per heavy atom. The van der Waals surface area contributed by atoms with Gasteiger partial charge < -0.3 is 10.5 Å². The Bertz CT molecular complexity index is 887. The molecule has 0 saturated carbocycles. The van der Waals surface area contributed by atoms with Crippen molar-refractivity contribution in [1.82, 2.24) is 5.06 Å². The molecule has 2 aromatic carbocycles. The molecule has 2 heterocycles. The Balaban J connectivity index is 1.84. The van der Waals surface area contributed by atoms with Crippen LogP contribution in [0.3, 0.4) is 0 Å². The number of nitrogens with two attached hydrogens (primary N) is 1. The molecule has 0 radical (unpaired) electrons. The van der Waals surface area contributed by atoms with Gasteiger partial charge in [-0.1, -0.05) is 18.2 Å². The number of nitrogens with zero attached hydrogens (tertiary/aromatic N) is 3. The number of rotatable bonds is 1. The Hall–Kier alpha value is -3.04. The standard InChI is InChI=1S/C18H16N4O2/c1-22-17(20)21-18(24-22)7-8-23-16-6-5-14(10-15(16)18)13-4-2-3-12(9-13)11-19/h2-6,9-10H,7-8H2,1H3,(H2,20,21)/t18-/m0/s1. The molecular weight excluding hydrogens is 304 g/mol. The van der Waals surface area contributed by atoms with Gasteiger partial charge in [-0.25, -0.2) is 14.9 Å². The van der Waals surface area contributed by atoms with Crippen molar-refractivity contribution in [2.75, 3.05) is 13.7 Å². The lowest BCUT2D eigenvalue weighted by Crippen LogP contribution is -2.35. The molecule has 1 atom stereocenters. The van der Waals surface area contributed by atoms with E-state index in [1.165, 1.54) is 5.06 Å². The van der Waals surface area contributed by atoms with E-state index in [9.17, 15) is 0 Å². The molecule has 0 bridgehead atoms. The van der Waals surface area contributed by atoms with Crippen LogP contribution in [0.1, 0.15) is 17.5 Å². The molecule has 0 amide bonds. The molecule has 6 nitrogen and oxygen atoms in total. The lowest BCUT2D eigenvalue weighted by molar-refractivity contribution is -0.183. The second-order valence-electron chi connectivity index (χ2n) is 5.85. The van der Waals surface area contributed by atoms with Crippen molar-refractivity contribution in [3.63, 3.8) is 0 Å². The topological polar surface area (TPSA) is 83.9 Å². The van der Waals surface area contributed by atoms with E-state index in [0.717, 1.165) is 22.4 Å². The molecular formula is C18H16N4O2. The first-order valence-corrected chi connectivity index (χ1v) is 7.67. The van der Waals surface area contributed by atoms with Crippen LogP contribution in [0.25, 0.3) is 11.1 Å². The molecule has 0 aliphatic carbocycles. The highest BCUT2D eigenvalue weighted by Crippen LogP contribution is 2.45. The molecule has 2 aliphatic heterocycles. The molecule has 4 rings (SSSR count). The van der Waals surface area contributed by atoms with E-state index < -0.39 is 5.72 Å². The number of ether oxygens (including phenoxy) is 1. The van der Waals surface area contributed by atoms with Crippen molar-refractivity contribution in [2.45, 2.75) is 12.1 Å². The first kappa shape index (κ1) is 14.5. The zero-order valence-corrected chi connectivity index (χ0v) is 13.2. The van der Waals surface area contributed by atoms with Crippen LogP contribution < -0.4 is 10.5 Å². The van der Waals surface area contributed by atoms with Crippen LogP contribution in [-0.4, -0.2) is 24.7 Å². The van der Waals surface area contributed by atoms with Gasteiger partial charge in [-0.2, -0.15) is 5.26 Å². The number of aliphatic imine (C=N–C) groups is 1. The fourth-order valence-corrected chi connectivity index (χ4v) is 3.10. The van der Waals surface area contributed by atoms with Gasteiger partial charge in [0.1, 0.15) is 5.75 Å². The van der Waals surface area contributed by atoms with E-state index in [1.807, 2.05) is 36.4 Å². The van der Waals surface area contributed by atoms with Gasteiger partial charge >= 0.3 is 0 Å².